The Morgan fingerprint density at radius 2 is 2.35 bits per heavy atom. The number of carboxylic acids is 1. The van der Waals surface area contributed by atoms with Gasteiger partial charge < -0.3 is 10.4 Å². The van der Waals surface area contributed by atoms with E-state index in [-0.39, 0.29) is 11.2 Å². The number of nitrogens with one attached hydrogen (secondary N) is 1. The van der Waals surface area contributed by atoms with Crippen molar-refractivity contribution in [3.05, 3.63) is 21.9 Å². The number of rotatable bonds is 6. The number of thioether (sulfide) groups is 1. The number of amides is 1. The van der Waals surface area contributed by atoms with E-state index in [9.17, 15) is 14.7 Å². The fourth-order valence-corrected chi connectivity index (χ4v) is 4.58. The Morgan fingerprint density at radius 3 is 3.05 bits per heavy atom. The van der Waals surface area contributed by atoms with Gasteiger partial charge in [0.1, 0.15) is 11.3 Å². The van der Waals surface area contributed by atoms with Crippen molar-refractivity contribution < 1.29 is 14.7 Å². The normalized spacial score (nSPS) is 19.1. The summed E-state index contributed by atoms with van der Waals surface area (Å²) in [5.74, 6) is -0.200. The molecule has 20 heavy (non-hydrogen) atoms. The average molecular weight is 313 g/mol. The second kappa shape index (κ2) is 7.13. The minimum absolute atomic E-state index is 0.169. The molecule has 0 spiro atoms. The predicted octanol–water partition coefficient (Wildman–Crippen LogP) is 2.84. The largest absolute Gasteiger partial charge is 0.480 e. The van der Waals surface area contributed by atoms with Crippen LogP contribution in [0.5, 0.6) is 0 Å². The van der Waals surface area contributed by atoms with E-state index in [0.29, 0.717) is 6.42 Å². The lowest BCUT2D eigenvalue weighted by Gasteiger charge is -2.23. The molecule has 0 aliphatic carbocycles. The molecule has 0 saturated carbocycles. The van der Waals surface area contributed by atoms with Crippen molar-refractivity contribution in [1.29, 1.82) is 0 Å². The number of carboxylic acid groups (broad SMARTS) is 1. The Morgan fingerprint density at radius 1 is 1.55 bits per heavy atom. The summed E-state index contributed by atoms with van der Waals surface area (Å²) in [4.78, 5) is 24.8. The lowest BCUT2D eigenvalue weighted by atomic mass is 10.1. The first-order chi connectivity index (χ1) is 9.63. The van der Waals surface area contributed by atoms with Crippen LogP contribution in [-0.2, 0) is 16.0 Å². The first-order valence-electron chi connectivity index (χ1n) is 6.84. The summed E-state index contributed by atoms with van der Waals surface area (Å²) in [6, 6.07) is 1.21. The Labute approximate surface area is 127 Å². The molecule has 2 unspecified atom stereocenters. The first-order valence-corrected chi connectivity index (χ1v) is 8.77. The number of aliphatic carboxylic acids is 1. The molecule has 2 N–H and O–H groups in total. The molecule has 110 valence electrons. The number of hydrogen-bond donors (Lipinski definition) is 2. The molecule has 2 heterocycles. The zero-order valence-corrected chi connectivity index (χ0v) is 13.1. The number of thiophene rings is 1. The second-order valence-corrected chi connectivity index (χ2v) is 7.06. The van der Waals surface area contributed by atoms with Crippen LogP contribution in [0.15, 0.2) is 11.4 Å². The van der Waals surface area contributed by atoms with Crippen molar-refractivity contribution in [3.63, 3.8) is 0 Å². The summed E-state index contributed by atoms with van der Waals surface area (Å²) in [6.45, 7) is 2.01. The molecular formula is C14H19NO3S2. The maximum absolute atomic E-state index is 12.3. The first kappa shape index (κ1) is 15.4. The Balaban J connectivity index is 2.03. The van der Waals surface area contributed by atoms with Gasteiger partial charge in [-0.3, -0.25) is 4.79 Å². The van der Waals surface area contributed by atoms with Gasteiger partial charge in [0.2, 0.25) is 5.91 Å². The molecular weight excluding hydrogens is 294 g/mol. The number of carbonyl (C=O) groups excluding carboxylic acids is 1. The van der Waals surface area contributed by atoms with Crippen LogP contribution in [0.2, 0.25) is 0 Å². The minimum atomic E-state index is -0.946. The van der Waals surface area contributed by atoms with Crippen LogP contribution < -0.4 is 5.32 Å². The molecule has 1 amide bonds. The summed E-state index contributed by atoms with van der Waals surface area (Å²) in [5, 5.41) is 13.6. The standard InChI is InChI=1S/C14H19NO3S2/c1-2-3-4-10(14(17)18)15-13(16)12-9-5-7-19-11(9)6-8-20-12/h5,7,10,12H,2-4,6,8H2,1H3,(H,15,16)(H,17,18). The third kappa shape index (κ3) is 3.55. The van der Waals surface area contributed by atoms with Crippen LogP contribution in [0.4, 0.5) is 0 Å². The van der Waals surface area contributed by atoms with E-state index in [4.69, 9.17) is 0 Å². The maximum Gasteiger partial charge on any atom is 0.326 e. The molecule has 2 rings (SSSR count). The van der Waals surface area contributed by atoms with Crippen molar-refractivity contribution in [1.82, 2.24) is 5.32 Å². The van der Waals surface area contributed by atoms with Gasteiger partial charge in [0, 0.05) is 4.88 Å². The molecule has 0 radical (unpaired) electrons. The van der Waals surface area contributed by atoms with Gasteiger partial charge in [-0.05, 0) is 35.6 Å². The zero-order chi connectivity index (χ0) is 14.5. The highest BCUT2D eigenvalue weighted by molar-refractivity contribution is 8.00. The van der Waals surface area contributed by atoms with Crippen molar-refractivity contribution in [2.24, 2.45) is 0 Å². The zero-order valence-electron chi connectivity index (χ0n) is 11.4. The number of carbonyl (C=O) groups is 2. The lowest BCUT2D eigenvalue weighted by molar-refractivity contribution is -0.142. The molecule has 1 aromatic heterocycles. The van der Waals surface area contributed by atoms with Gasteiger partial charge in [-0.15, -0.1) is 23.1 Å². The summed E-state index contributed by atoms with van der Waals surface area (Å²) in [6.07, 6.45) is 3.22. The second-order valence-electron chi connectivity index (χ2n) is 4.84. The highest BCUT2D eigenvalue weighted by atomic mass is 32.2. The van der Waals surface area contributed by atoms with Crippen molar-refractivity contribution >= 4 is 35.0 Å². The smallest absolute Gasteiger partial charge is 0.326 e. The highest BCUT2D eigenvalue weighted by Crippen LogP contribution is 2.39. The van der Waals surface area contributed by atoms with Crippen molar-refractivity contribution in [2.75, 3.05) is 5.75 Å². The summed E-state index contributed by atoms with van der Waals surface area (Å²) < 4.78 is 0. The van der Waals surface area contributed by atoms with E-state index in [1.807, 2.05) is 18.4 Å². The predicted molar refractivity (Wildman–Crippen MR) is 82.3 cm³/mol. The van der Waals surface area contributed by atoms with E-state index in [0.717, 1.165) is 30.6 Å². The summed E-state index contributed by atoms with van der Waals surface area (Å²) in [5.41, 5.74) is 1.06. The fraction of sp³-hybridized carbons (Fsp3) is 0.571. The van der Waals surface area contributed by atoms with Crippen molar-refractivity contribution in [2.45, 2.75) is 43.9 Å². The number of fused-ring (bicyclic) bond motifs is 1. The molecule has 6 heteroatoms. The van der Waals surface area contributed by atoms with Gasteiger partial charge in [0.15, 0.2) is 0 Å². The van der Waals surface area contributed by atoms with Crippen molar-refractivity contribution in [3.8, 4) is 0 Å². The molecule has 0 bridgehead atoms. The summed E-state index contributed by atoms with van der Waals surface area (Å²) >= 11 is 3.27. The average Bonchev–Trinajstić information content (AvgIpc) is 2.90. The Kier molecular flexibility index (Phi) is 5.48. The van der Waals surface area contributed by atoms with E-state index in [1.54, 1.807) is 23.1 Å². The monoisotopic (exact) mass is 313 g/mol. The molecule has 4 nitrogen and oxygen atoms in total. The molecule has 1 aliphatic heterocycles. The molecule has 0 aromatic carbocycles. The Hall–Kier alpha value is -1.01. The van der Waals surface area contributed by atoms with Crippen LogP contribution >= 0.6 is 23.1 Å². The maximum atomic E-state index is 12.3. The van der Waals surface area contributed by atoms with Gasteiger partial charge in [-0.2, -0.15) is 0 Å². The Bertz CT molecular complexity index is 487. The number of hydrogen-bond acceptors (Lipinski definition) is 4. The fourth-order valence-electron chi connectivity index (χ4n) is 2.28. The topological polar surface area (TPSA) is 66.4 Å². The molecule has 1 aromatic rings. The molecule has 1 aliphatic rings. The van der Waals surface area contributed by atoms with Gasteiger partial charge >= 0.3 is 5.97 Å². The van der Waals surface area contributed by atoms with Crippen LogP contribution in [0.1, 0.15) is 41.9 Å². The lowest BCUT2D eigenvalue weighted by Crippen LogP contribution is -2.42. The van der Waals surface area contributed by atoms with Gasteiger partial charge in [-0.1, -0.05) is 19.8 Å². The number of aryl methyl sites for hydroxylation is 1. The molecule has 0 saturated heterocycles. The quantitative estimate of drug-likeness (QED) is 0.847. The molecule has 0 fully saturated rings. The van der Waals surface area contributed by atoms with Crippen LogP contribution in [0.25, 0.3) is 0 Å². The SMILES string of the molecule is CCCCC(NC(=O)C1SCCc2sccc21)C(=O)O. The highest BCUT2D eigenvalue weighted by Gasteiger charge is 2.30. The van der Waals surface area contributed by atoms with E-state index >= 15 is 0 Å². The minimum Gasteiger partial charge on any atom is -0.480 e. The van der Waals surface area contributed by atoms with Crippen LogP contribution in [-0.4, -0.2) is 28.8 Å². The third-order valence-electron chi connectivity index (χ3n) is 3.38. The van der Waals surface area contributed by atoms with Crippen LogP contribution in [0, 0.1) is 0 Å². The van der Waals surface area contributed by atoms with Crippen LogP contribution in [0.3, 0.4) is 0 Å². The third-order valence-corrected chi connectivity index (χ3v) is 5.61. The van der Waals surface area contributed by atoms with Gasteiger partial charge in [0.05, 0.1) is 0 Å². The van der Waals surface area contributed by atoms with E-state index in [2.05, 4.69) is 5.32 Å². The van der Waals surface area contributed by atoms with E-state index < -0.39 is 12.0 Å². The van der Waals surface area contributed by atoms with Gasteiger partial charge in [0.25, 0.3) is 0 Å². The van der Waals surface area contributed by atoms with E-state index in [1.165, 1.54) is 4.88 Å². The molecule has 2 atom stereocenters. The van der Waals surface area contributed by atoms with Gasteiger partial charge in [-0.25, -0.2) is 4.79 Å². The summed E-state index contributed by atoms with van der Waals surface area (Å²) in [7, 11) is 0. The number of unbranched alkanes of at least 4 members (excludes halogenated alkanes) is 1.